The molecule has 0 bridgehead atoms. The maximum atomic E-state index is 12.2. The summed E-state index contributed by atoms with van der Waals surface area (Å²) in [5.74, 6) is 2.96. The lowest BCUT2D eigenvalue weighted by atomic mass is 10.2. The lowest BCUT2D eigenvalue weighted by molar-refractivity contribution is -0.113. The van der Waals surface area contributed by atoms with E-state index in [0.29, 0.717) is 5.13 Å². The molecule has 0 aliphatic heterocycles. The van der Waals surface area contributed by atoms with E-state index >= 15 is 0 Å². The number of nitrogens with one attached hydrogen (secondary N) is 1. The molecule has 0 aliphatic rings. The van der Waals surface area contributed by atoms with Crippen molar-refractivity contribution in [3.63, 3.8) is 0 Å². The fourth-order valence-corrected chi connectivity index (χ4v) is 4.25. The normalized spacial score (nSPS) is 10.8. The summed E-state index contributed by atoms with van der Waals surface area (Å²) in [6, 6.07) is 9.90. The number of anilines is 1. The third kappa shape index (κ3) is 4.87. The van der Waals surface area contributed by atoms with Crippen LogP contribution in [-0.4, -0.2) is 37.2 Å². The fraction of sp³-hybridized carbons (Fsp3) is 0.294. The highest BCUT2D eigenvalue weighted by Gasteiger charge is 2.13. The van der Waals surface area contributed by atoms with Crippen molar-refractivity contribution in [1.29, 1.82) is 0 Å². The van der Waals surface area contributed by atoms with E-state index in [1.54, 1.807) is 11.8 Å². The van der Waals surface area contributed by atoms with Gasteiger partial charge in [-0.3, -0.25) is 4.79 Å². The number of nitrogens with zero attached hydrogens (tertiary/aromatic N) is 4. The van der Waals surface area contributed by atoms with Crippen molar-refractivity contribution in [2.75, 3.05) is 16.8 Å². The second-order valence-corrected chi connectivity index (χ2v) is 8.41. The summed E-state index contributed by atoms with van der Waals surface area (Å²) in [4.78, 5) is 16.7. The van der Waals surface area contributed by atoms with E-state index in [-0.39, 0.29) is 11.7 Å². The zero-order chi connectivity index (χ0) is 18.4. The molecule has 26 heavy (non-hydrogen) atoms. The molecule has 0 saturated carbocycles. The van der Waals surface area contributed by atoms with Gasteiger partial charge < -0.3 is 9.88 Å². The van der Waals surface area contributed by atoms with Gasteiger partial charge in [0.05, 0.1) is 17.2 Å². The first-order valence-electron chi connectivity index (χ1n) is 8.07. The van der Waals surface area contributed by atoms with Crippen LogP contribution in [-0.2, 0) is 17.6 Å². The number of thioether (sulfide) groups is 2. The molecule has 0 atom stereocenters. The number of carbonyl (C=O) groups excluding carboxylic acids is 1. The number of thiazole rings is 1. The highest BCUT2D eigenvalue weighted by molar-refractivity contribution is 7.99. The molecule has 136 valence electrons. The molecule has 1 N–H and O–H groups in total. The molecule has 3 rings (SSSR count). The lowest BCUT2D eigenvalue weighted by Gasteiger charge is -2.03. The van der Waals surface area contributed by atoms with E-state index in [1.165, 1.54) is 23.1 Å². The van der Waals surface area contributed by atoms with Gasteiger partial charge in [0.15, 0.2) is 10.3 Å². The predicted octanol–water partition coefficient (Wildman–Crippen LogP) is 3.92. The second kappa shape index (κ2) is 9.20. The van der Waals surface area contributed by atoms with Gasteiger partial charge in [0.25, 0.3) is 0 Å². The molecular formula is C17H19N5OS3. The Morgan fingerprint density at radius 3 is 2.85 bits per heavy atom. The number of amides is 1. The molecule has 0 radical (unpaired) electrons. The molecule has 1 amide bonds. The van der Waals surface area contributed by atoms with Crippen molar-refractivity contribution in [2.24, 2.45) is 7.05 Å². The van der Waals surface area contributed by atoms with Gasteiger partial charge in [-0.25, -0.2) is 4.98 Å². The third-order valence-corrected chi connectivity index (χ3v) is 6.16. The van der Waals surface area contributed by atoms with E-state index in [0.717, 1.165) is 33.7 Å². The quantitative estimate of drug-likeness (QED) is 0.573. The van der Waals surface area contributed by atoms with Crippen LogP contribution in [0.2, 0.25) is 0 Å². The summed E-state index contributed by atoms with van der Waals surface area (Å²) >= 11 is 4.60. The van der Waals surface area contributed by atoms with Crippen LogP contribution in [0, 0.1) is 0 Å². The number of carbonyl (C=O) groups is 1. The van der Waals surface area contributed by atoms with Crippen LogP contribution in [0.25, 0.3) is 11.3 Å². The molecule has 6 nitrogen and oxygen atoms in total. The second-order valence-electron chi connectivity index (χ2n) is 5.34. The van der Waals surface area contributed by atoms with Crippen LogP contribution in [0.1, 0.15) is 12.7 Å². The molecule has 1 aromatic carbocycles. The van der Waals surface area contributed by atoms with Gasteiger partial charge in [0, 0.05) is 18.0 Å². The predicted molar refractivity (Wildman–Crippen MR) is 110 cm³/mol. The fourth-order valence-electron chi connectivity index (χ4n) is 2.15. The summed E-state index contributed by atoms with van der Waals surface area (Å²) in [5.41, 5.74) is 1.90. The summed E-state index contributed by atoms with van der Waals surface area (Å²) in [5, 5.41) is 14.5. The monoisotopic (exact) mass is 405 g/mol. The molecule has 2 aromatic heterocycles. The Bertz CT molecular complexity index is 862. The van der Waals surface area contributed by atoms with Crippen molar-refractivity contribution < 1.29 is 4.79 Å². The molecule has 0 spiro atoms. The van der Waals surface area contributed by atoms with Gasteiger partial charge in [-0.2, -0.15) is 11.8 Å². The van der Waals surface area contributed by atoms with E-state index in [2.05, 4.69) is 27.4 Å². The van der Waals surface area contributed by atoms with Crippen LogP contribution >= 0.6 is 34.9 Å². The Labute approximate surface area is 164 Å². The van der Waals surface area contributed by atoms with E-state index in [1.807, 2.05) is 47.3 Å². The highest BCUT2D eigenvalue weighted by atomic mass is 32.2. The summed E-state index contributed by atoms with van der Waals surface area (Å²) in [6.07, 6.45) is 0. The zero-order valence-electron chi connectivity index (χ0n) is 14.5. The third-order valence-electron chi connectivity index (χ3n) is 3.51. The molecule has 3 aromatic rings. The molecule has 9 heteroatoms. The van der Waals surface area contributed by atoms with Crippen molar-refractivity contribution in [3.05, 3.63) is 41.5 Å². The topological polar surface area (TPSA) is 72.7 Å². The SMILES string of the molecule is CCSCc1nnc(SCC(=O)Nc2nc(-c3ccccc3)cs2)n1C. The Balaban J connectivity index is 1.53. The highest BCUT2D eigenvalue weighted by Crippen LogP contribution is 2.25. The summed E-state index contributed by atoms with van der Waals surface area (Å²) in [7, 11) is 1.93. The van der Waals surface area contributed by atoms with E-state index < -0.39 is 0 Å². The number of hydrogen-bond acceptors (Lipinski definition) is 7. The maximum Gasteiger partial charge on any atom is 0.236 e. The lowest BCUT2D eigenvalue weighted by Crippen LogP contribution is -2.14. The smallest absolute Gasteiger partial charge is 0.236 e. The van der Waals surface area contributed by atoms with Gasteiger partial charge in [0.2, 0.25) is 5.91 Å². The Kier molecular flexibility index (Phi) is 6.70. The minimum absolute atomic E-state index is 0.101. The van der Waals surface area contributed by atoms with Crippen LogP contribution in [0.15, 0.2) is 40.9 Å². The summed E-state index contributed by atoms with van der Waals surface area (Å²) in [6.45, 7) is 2.11. The Morgan fingerprint density at radius 1 is 1.27 bits per heavy atom. The van der Waals surface area contributed by atoms with Gasteiger partial charge in [-0.1, -0.05) is 49.0 Å². The molecule has 2 heterocycles. The minimum Gasteiger partial charge on any atom is -0.308 e. The Morgan fingerprint density at radius 2 is 2.08 bits per heavy atom. The number of rotatable bonds is 8. The maximum absolute atomic E-state index is 12.2. The summed E-state index contributed by atoms with van der Waals surface area (Å²) < 4.78 is 1.94. The Hall–Kier alpha value is -1.84. The van der Waals surface area contributed by atoms with Crippen molar-refractivity contribution >= 4 is 45.9 Å². The van der Waals surface area contributed by atoms with Gasteiger partial charge in [-0.15, -0.1) is 21.5 Å². The van der Waals surface area contributed by atoms with Crippen molar-refractivity contribution in [3.8, 4) is 11.3 Å². The van der Waals surface area contributed by atoms with Gasteiger partial charge in [-0.05, 0) is 5.75 Å². The molecule has 0 aliphatic carbocycles. The first-order chi connectivity index (χ1) is 12.7. The standard InChI is InChI=1S/C17H19N5OS3/c1-3-24-10-14-20-21-17(22(14)2)26-11-15(23)19-16-18-13(9-25-16)12-7-5-4-6-8-12/h4-9H,3,10-11H2,1-2H3,(H,18,19,23). The molecule has 0 unspecified atom stereocenters. The molecule has 0 fully saturated rings. The first kappa shape index (κ1) is 18.9. The average molecular weight is 406 g/mol. The number of hydrogen-bond donors (Lipinski definition) is 1. The van der Waals surface area contributed by atoms with Gasteiger partial charge in [0.1, 0.15) is 5.82 Å². The van der Waals surface area contributed by atoms with E-state index in [9.17, 15) is 4.79 Å². The molecule has 0 saturated heterocycles. The minimum atomic E-state index is -0.101. The van der Waals surface area contributed by atoms with Crippen LogP contribution < -0.4 is 5.32 Å². The van der Waals surface area contributed by atoms with Crippen molar-refractivity contribution in [2.45, 2.75) is 17.8 Å². The van der Waals surface area contributed by atoms with Crippen LogP contribution in [0.5, 0.6) is 0 Å². The molecular weight excluding hydrogens is 386 g/mol. The van der Waals surface area contributed by atoms with Crippen LogP contribution in [0.3, 0.4) is 0 Å². The zero-order valence-corrected chi connectivity index (χ0v) is 17.0. The van der Waals surface area contributed by atoms with Crippen LogP contribution in [0.4, 0.5) is 5.13 Å². The van der Waals surface area contributed by atoms with Gasteiger partial charge >= 0.3 is 0 Å². The average Bonchev–Trinajstić information content (AvgIpc) is 3.26. The number of benzene rings is 1. The first-order valence-corrected chi connectivity index (χ1v) is 11.1. The van der Waals surface area contributed by atoms with E-state index in [4.69, 9.17) is 0 Å². The largest absolute Gasteiger partial charge is 0.308 e. The number of aromatic nitrogens is 4. The van der Waals surface area contributed by atoms with Crippen molar-refractivity contribution in [1.82, 2.24) is 19.7 Å².